The van der Waals surface area contributed by atoms with Gasteiger partial charge in [0, 0.05) is 18.1 Å². The number of benzene rings is 1. The molecule has 0 saturated heterocycles. The minimum Gasteiger partial charge on any atom is -0.434 e. The molecule has 2 N–H and O–H groups in total. The maximum absolute atomic E-state index is 5.95. The van der Waals surface area contributed by atoms with E-state index in [0.29, 0.717) is 27.4 Å². The number of hydrogen-bond donors (Lipinski definition) is 1. The molecule has 7 heteroatoms. The smallest absolute Gasteiger partial charge is 0.261 e. The van der Waals surface area contributed by atoms with Crippen molar-refractivity contribution in [3.05, 3.63) is 34.4 Å². The van der Waals surface area contributed by atoms with Crippen LogP contribution in [0.5, 0.6) is 11.6 Å². The van der Waals surface area contributed by atoms with Gasteiger partial charge in [0.15, 0.2) is 0 Å². The number of nitrogens with zero attached hydrogens (tertiary/aromatic N) is 2. The third-order valence-corrected chi connectivity index (χ3v) is 2.47. The van der Waals surface area contributed by atoms with Crippen LogP contribution in [0, 0.1) is 0 Å². The zero-order valence-corrected chi connectivity index (χ0v) is 11.2. The Morgan fingerprint density at radius 1 is 1.35 bits per heavy atom. The van der Waals surface area contributed by atoms with Crippen LogP contribution in [-0.4, -0.2) is 9.78 Å². The van der Waals surface area contributed by atoms with Gasteiger partial charge in [-0.3, -0.25) is 4.68 Å². The van der Waals surface area contributed by atoms with E-state index in [1.54, 1.807) is 36.1 Å². The van der Waals surface area contributed by atoms with Crippen LogP contribution in [0.3, 0.4) is 0 Å². The lowest BCUT2D eigenvalue weighted by Crippen LogP contribution is -1.91. The van der Waals surface area contributed by atoms with Crippen molar-refractivity contribution >= 4 is 41.3 Å². The number of aromatic nitrogens is 2. The van der Waals surface area contributed by atoms with Gasteiger partial charge >= 0.3 is 0 Å². The first kappa shape index (κ1) is 14.0. The number of nitrogen functional groups attached to an aromatic ring is 1. The van der Waals surface area contributed by atoms with Crippen molar-refractivity contribution in [1.29, 1.82) is 0 Å². The highest BCUT2D eigenvalue weighted by molar-refractivity contribution is 6.34. The number of aryl methyl sites for hydroxylation is 1. The fraction of sp³-hybridized carbons (Fsp3) is 0.100. The summed E-state index contributed by atoms with van der Waals surface area (Å²) in [5.41, 5.74) is 6.14. The summed E-state index contributed by atoms with van der Waals surface area (Å²) < 4.78 is 7.03. The Hall–Kier alpha value is -1.10. The molecular weight excluding hydrogens is 284 g/mol. The summed E-state index contributed by atoms with van der Waals surface area (Å²) in [7, 11) is 1.75. The standard InChI is InChI=1S/C10H9Cl2N3O.ClH/c1-15-5-8(13)10(14-15)16-9-4-6(11)2-3-7(9)12;/h2-5H,13H2,1H3;1H. The highest BCUT2D eigenvalue weighted by Gasteiger charge is 2.09. The quantitative estimate of drug-likeness (QED) is 0.922. The Kier molecular flexibility index (Phi) is 4.51. The highest BCUT2D eigenvalue weighted by Crippen LogP contribution is 2.33. The monoisotopic (exact) mass is 293 g/mol. The van der Waals surface area contributed by atoms with Crippen LogP contribution >= 0.6 is 35.6 Å². The minimum atomic E-state index is 0. The van der Waals surface area contributed by atoms with Crippen LogP contribution in [0.25, 0.3) is 0 Å². The van der Waals surface area contributed by atoms with E-state index in [1.807, 2.05) is 0 Å². The summed E-state index contributed by atoms with van der Waals surface area (Å²) in [6, 6.07) is 4.94. The molecule has 92 valence electrons. The SMILES string of the molecule is Cl.Cn1cc(N)c(Oc2cc(Cl)ccc2Cl)n1. The molecule has 0 aliphatic rings. The molecule has 0 bridgehead atoms. The third kappa shape index (κ3) is 3.19. The van der Waals surface area contributed by atoms with E-state index >= 15 is 0 Å². The minimum absolute atomic E-state index is 0. The summed E-state index contributed by atoms with van der Waals surface area (Å²) in [5.74, 6) is 0.742. The van der Waals surface area contributed by atoms with Crippen LogP contribution in [0.15, 0.2) is 24.4 Å². The summed E-state index contributed by atoms with van der Waals surface area (Å²) in [6.45, 7) is 0. The van der Waals surface area contributed by atoms with Crippen LogP contribution in [0.2, 0.25) is 10.0 Å². The summed E-state index contributed by atoms with van der Waals surface area (Å²) >= 11 is 11.8. The molecule has 1 aromatic heterocycles. The largest absolute Gasteiger partial charge is 0.434 e. The topological polar surface area (TPSA) is 53.1 Å². The molecule has 1 aromatic carbocycles. The Morgan fingerprint density at radius 2 is 2.06 bits per heavy atom. The molecule has 0 aliphatic heterocycles. The molecule has 4 nitrogen and oxygen atoms in total. The molecule has 1 heterocycles. The van der Waals surface area contributed by atoms with Gasteiger partial charge in [0.1, 0.15) is 11.4 Å². The normalized spacial score (nSPS) is 9.82. The fourth-order valence-electron chi connectivity index (χ4n) is 1.23. The van der Waals surface area contributed by atoms with E-state index < -0.39 is 0 Å². The second-order valence-electron chi connectivity index (χ2n) is 3.24. The molecule has 0 saturated carbocycles. The Morgan fingerprint density at radius 3 is 2.65 bits per heavy atom. The maximum atomic E-state index is 5.95. The lowest BCUT2D eigenvalue weighted by molar-refractivity contribution is 0.456. The third-order valence-electron chi connectivity index (χ3n) is 1.92. The van der Waals surface area contributed by atoms with E-state index in [2.05, 4.69) is 5.10 Å². The van der Waals surface area contributed by atoms with E-state index in [-0.39, 0.29) is 12.4 Å². The second-order valence-corrected chi connectivity index (χ2v) is 4.08. The van der Waals surface area contributed by atoms with Crippen molar-refractivity contribution in [1.82, 2.24) is 9.78 Å². The molecule has 0 aliphatic carbocycles. The molecule has 0 spiro atoms. The van der Waals surface area contributed by atoms with E-state index in [9.17, 15) is 0 Å². The zero-order valence-electron chi connectivity index (χ0n) is 8.85. The van der Waals surface area contributed by atoms with Crippen LogP contribution in [0.4, 0.5) is 5.69 Å². The first-order valence-corrected chi connectivity index (χ1v) is 5.24. The van der Waals surface area contributed by atoms with E-state index in [1.165, 1.54) is 0 Å². The zero-order chi connectivity index (χ0) is 11.7. The lowest BCUT2D eigenvalue weighted by atomic mass is 10.3. The Labute approximate surface area is 115 Å². The van der Waals surface area contributed by atoms with Crippen molar-refractivity contribution in [3.63, 3.8) is 0 Å². The van der Waals surface area contributed by atoms with Gasteiger partial charge in [0.05, 0.1) is 11.2 Å². The van der Waals surface area contributed by atoms with Gasteiger partial charge in [0.25, 0.3) is 5.88 Å². The molecule has 0 amide bonds. The molecule has 0 atom stereocenters. The van der Waals surface area contributed by atoms with Crippen molar-refractivity contribution in [2.45, 2.75) is 0 Å². The fourth-order valence-corrected chi connectivity index (χ4v) is 1.54. The predicted octanol–water partition coefficient (Wildman–Crippen LogP) is 3.52. The summed E-state index contributed by atoms with van der Waals surface area (Å²) in [4.78, 5) is 0. The lowest BCUT2D eigenvalue weighted by Gasteiger charge is -2.05. The Balaban J connectivity index is 0.00000144. The molecule has 2 rings (SSSR count). The number of ether oxygens (including phenoxy) is 1. The van der Waals surface area contributed by atoms with Gasteiger partial charge in [-0.05, 0) is 12.1 Å². The van der Waals surface area contributed by atoms with Crippen molar-refractivity contribution < 1.29 is 4.74 Å². The molecular formula is C10H10Cl3N3O. The van der Waals surface area contributed by atoms with Gasteiger partial charge in [-0.2, -0.15) is 0 Å². The van der Waals surface area contributed by atoms with Gasteiger partial charge in [-0.1, -0.05) is 23.2 Å². The van der Waals surface area contributed by atoms with Gasteiger partial charge < -0.3 is 10.5 Å². The van der Waals surface area contributed by atoms with Crippen molar-refractivity contribution in [3.8, 4) is 11.6 Å². The number of anilines is 1. The van der Waals surface area contributed by atoms with Gasteiger partial charge in [-0.25, -0.2) is 0 Å². The predicted molar refractivity (Wildman–Crippen MR) is 71.4 cm³/mol. The van der Waals surface area contributed by atoms with Crippen LogP contribution in [0.1, 0.15) is 0 Å². The van der Waals surface area contributed by atoms with E-state index in [0.717, 1.165) is 0 Å². The summed E-state index contributed by atoms with van der Waals surface area (Å²) in [5, 5.41) is 5.03. The Bertz CT molecular complexity index is 528. The first-order chi connectivity index (χ1) is 7.56. The van der Waals surface area contributed by atoms with Gasteiger partial charge in [-0.15, -0.1) is 17.5 Å². The molecule has 17 heavy (non-hydrogen) atoms. The molecule has 0 fully saturated rings. The number of hydrogen-bond acceptors (Lipinski definition) is 3. The van der Waals surface area contributed by atoms with E-state index in [4.69, 9.17) is 33.7 Å². The number of halogens is 3. The number of nitrogens with two attached hydrogens (primary N) is 1. The van der Waals surface area contributed by atoms with Gasteiger partial charge in [0.2, 0.25) is 0 Å². The van der Waals surface area contributed by atoms with Crippen LogP contribution in [-0.2, 0) is 7.05 Å². The molecule has 0 unspecified atom stereocenters. The maximum Gasteiger partial charge on any atom is 0.261 e. The highest BCUT2D eigenvalue weighted by atomic mass is 35.5. The van der Waals surface area contributed by atoms with Crippen LogP contribution < -0.4 is 10.5 Å². The molecule has 0 radical (unpaired) electrons. The van der Waals surface area contributed by atoms with Crippen molar-refractivity contribution in [2.75, 3.05) is 5.73 Å². The average molecular weight is 295 g/mol. The van der Waals surface area contributed by atoms with Crippen molar-refractivity contribution in [2.24, 2.45) is 7.05 Å². The second kappa shape index (κ2) is 5.49. The first-order valence-electron chi connectivity index (χ1n) is 4.48. The number of rotatable bonds is 2. The molecule has 2 aromatic rings. The average Bonchev–Trinajstić information content (AvgIpc) is 2.51. The summed E-state index contributed by atoms with van der Waals surface area (Å²) in [6.07, 6.45) is 1.65.